The number of benzene rings is 2. The van der Waals surface area contributed by atoms with E-state index >= 15 is 0 Å². The molecule has 3 aromatic rings. The molecule has 1 saturated heterocycles. The Kier molecular flexibility index (Phi) is 3.61. The van der Waals surface area contributed by atoms with Crippen molar-refractivity contribution in [2.45, 2.75) is 31.9 Å². The highest BCUT2D eigenvalue weighted by Gasteiger charge is 2.40. The van der Waals surface area contributed by atoms with Crippen molar-refractivity contribution in [1.82, 2.24) is 9.88 Å². The first-order chi connectivity index (χ1) is 12.7. The summed E-state index contributed by atoms with van der Waals surface area (Å²) in [7, 11) is 0. The summed E-state index contributed by atoms with van der Waals surface area (Å²) in [6, 6.07) is 16.3. The Bertz CT molecular complexity index is 985. The number of aryl methyl sites for hydroxylation is 1. The molecule has 1 amide bonds. The number of aromatic amines is 1. The first kappa shape index (κ1) is 15.6. The largest absolute Gasteiger partial charge is 0.376 e. The van der Waals surface area contributed by atoms with Crippen LogP contribution in [0.1, 0.15) is 46.1 Å². The van der Waals surface area contributed by atoms with E-state index in [1.165, 1.54) is 10.9 Å². The maximum Gasteiger partial charge on any atom is 0.255 e. The van der Waals surface area contributed by atoms with E-state index in [2.05, 4.69) is 36.2 Å². The molecule has 0 radical (unpaired) electrons. The molecule has 0 bridgehead atoms. The van der Waals surface area contributed by atoms with Crippen molar-refractivity contribution in [1.29, 1.82) is 0 Å². The molecule has 0 spiro atoms. The zero-order valence-corrected chi connectivity index (χ0v) is 14.9. The number of aromatic nitrogens is 1. The second-order valence-corrected chi connectivity index (χ2v) is 7.29. The van der Waals surface area contributed by atoms with Crippen molar-refractivity contribution < 1.29 is 9.53 Å². The van der Waals surface area contributed by atoms with E-state index in [0.717, 1.165) is 41.8 Å². The maximum absolute atomic E-state index is 13.2. The van der Waals surface area contributed by atoms with E-state index in [1.807, 2.05) is 29.2 Å². The van der Waals surface area contributed by atoms with Crippen LogP contribution in [-0.2, 0) is 4.74 Å². The summed E-state index contributed by atoms with van der Waals surface area (Å²) >= 11 is 0. The second kappa shape index (κ2) is 5.99. The lowest BCUT2D eigenvalue weighted by Crippen LogP contribution is -2.35. The summed E-state index contributed by atoms with van der Waals surface area (Å²) in [5.41, 5.74) is 5.37. The maximum atomic E-state index is 13.2. The SMILES string of the molecule is Cc1[nH]c2ccccc2c1C1c2ccccc2C(=O)N1CC1CCCO1. The standard InChI is InChI=1S/C22H22N2O2/c1-14-20(18-10-4-5-11-19(18)23-14)21-16-8-2-3-9-17(16)22(25)24(21)13-15-7-6-12-26-15/h2-5,8-11,15,21,23H,6-7,12-13H2,1H3. The number of hydrogen-bond acceptors (Lipinski definition) is 2. The molecule has 1 N–H and O–H groups in total. The van der Waals surface area contributed by atoms with Gasteiger partial charge in [0.25, 0.3) is 5.91 Å². The fraction of sp³-hybridized carbons (Fsp3) is 0.318. The van der Waals surface area contributed by atoms with Crippen molar-refractivity contribution >= 4 is 16.8 Å². The van der Waals surface area contributed by atoms with Gasteiger partial charge in [0.05, 0.1) is 12.1 Å². The van der Waals surface area contributed by atoms with Crippen molar-refractivity contribution in [2.24, 2.45) is 0 Å². The summed E-state index contributed by atoms with van der Waals surface area (Å²) in [5, 5.41) is 1.19. The molecule has 2 aromatic carbocycles. The lowest BCUT2D eigenvalue weighted by atomic mass is 9.95. The van der Waals surface area contributed by atoms with Crippen molar-refractivity contribution in [3.8, 4) is 0 Å². The van der Waals surface area contributed by atoms with Gasteiger partial charge >= 0.3 is 0 Å². The molecule has 132 valence electrons. The lowest BCUT2D eigenvalue weighted by Gasteiger charge is -2.28. The fourth-order valence-corrected chi connectivity index (χ4v) is 4.53. The van der Waals surface area contributed by atoms with E-state index in [1.54, 1.807) is 0 Å². The van der Waals surface area contributed by atoms with Gasteiger partial charge < -0.3 is 14.6 Å². The molecule has 0 aliphatic carbocycles. The molecule has 1 aromatic heterocycles. The van der Waals surface area contributed by atoms with Gasteiger partial charge in [-0.15, -0.1) is 0 Å². The molecule has 2 atom stereocenters. The third-order valence-electron chi connectivity index (χ3n) is 5.70. The topological polar surface area (TPSA) is 45.3 Å². The van der Waals surface area contributed by atoms with Gasteiger partial charge in [-0.1, -0.05) is 36.4 Å². The number of ether oxygens (including phenoxy) is 1. The van der Waals surface area contributed by atoms with Crippen LogP contribution in [0.4, 0.5) is 0 Å². The van der Waals surface area contributed by atoms with Crippen molar-refractivity contribution in [3.05, 3.63) is 70.9 Å². The minimum atomic E-state index is -0.0564. The number of para-hydroxylation sites is 1. The van der Waals surface area contributed by atoms with Crippen LogP contribution in [0.5, 0.6) is 0 Å². The zero-order valence-electron chi connectivity index (χ0n) is 14.9. The predicted molar refractivity (Wildman–Crippen MR) is 101 cm³/mol. The zero-order chi connectivity index (χ0) is 17.7. The van der Waals surface area contributed by atoms with E-state index in [9.17, 15) is 4.79 Å². The Morgan fingerprint density at radius 3 is 2.81 bits per heavy atom. The van der Waals surface area contributed by atoms with Gasteiger partial charge in [0.15, 0.2) is 0 Å². The van der Waals surface area contributed by atoms with E-state index in [0.29, 0.717) is 6.54 Å². The van der Waals surface area contributed by atoms with Gasteiger partial charge in [0, 0.05) is 40.9 Å². The van der Waals surface area contributed by atoms with E-state index < -0.39 is 0 Å². The molecule has 26 heavy (non-hydrogen) atoms. The van der Waals surface area contributed by atoms with Gasteiger partial charge in [-0.2, -0.15) is 0 Å². The number of nitrogens with zero attached hydrogens (tertiary/aromatic N) is 1. The lowest BCUT2D eigenvalue weighted by molar-refractivity contribution is 0.0500. The summed E-state index contributed by atoms with van der Waals surface area (Å²) in [6.07, 6.45) is 2.25. The van der Waals surface area contributed by atoms with Crippen LogP contribution < -0.4 is 0 Å². The Labute approximate surface area is 152 Å². The van der Waals surface area contributed by atoms with Crippen LogP contribution in [0, 0.1) is 6.92 Å². The smallest absolute Gasteiger partial charge is 0.255 e. The van der Waals surface area contributed by atoms with E-state index in [4.69, 9.17) is 4.74 Å². The Hall–Kier alpha value is -2.59. The Morgan fingerprint density at radius 2 is 1.96 bits per heavy atom. The van der Waals surface area contributed by atoms with Gasteiger partial charge in [0.1, 0.15) is 0 Å². The molecule has 4 heteroatoms. The quantitative estimate of drug-likeness (QED) is 0.772. The molecule has 2 aliphatic heterocycles. The highest BCUT2D eigenvalue weighted by molar-refractivity contribution is 6.01. The normalized spacial score (nSPS) is 22.3. The summed E-state index contributed by atoms with van der Waals surface area (Å²) in [4.78, 5) is 18.7. The molecule has 0 saturated carbocycles. The molecular weight excluding hydrogens is 324 g/mol. The number of carbonyl (C=O) groups excluding carboxylic acids is 1. The van der Waals surface area contributed by atoms with Gasteiger partial charge in [-0.3, -0.25) is 4.79 Å². The van der Waals surface area contributed by atoms with Crippen LogP contribution in [0.2, 0.25) is 0 Å². The fourth-order valence-electron chi connectivity index (χ4n) is 4.53. The molecule has 4 nitrogen and oxygen atoms in total. The van der Waals surface area contributed by atoms with Crippen LogP contribution >= 0.6 is 0 Å². The van der Waals surface area contributed by atoms with Crippen LogP contribution in [0.3, 0.4) is 0 Å². The number of carbonyl (C=O) groups is 1. The molecule has 1 fully saturated rings. The predicted octanol–water partition coefficient (Wildman–Crippen LogP) is 4.20. The minimum Gasteiger partial charge on any atom is -0.376 e. The van der Waals surface area contributed by atoms with E-state index in [-0.39, 0.29) is 18.1 Å². The number of amides is 1. The van der Waals surface area contributed by atoms with Gasteiger partial charge in [0.2, 0.25) is 0 Å². The first-order valence-electron chi connectivity index (χ1n) is 9.33. The Morgan fingerprint density at radius 1 is 1.15 bits per heavy atom. The first-order valence-corrected chi connectivity index (χ1v) is 9.33. The second-order valence-electron chi connectivity index (χ2n) is 7.29. The van der Waals surface area contributed by atoms with Crippen LogP contribution in [-0.4, -0.2) is 35.0 Å². The van der Waals surface area contributed by atoms with Crippen LogP contribution in [0.15, 0.2) is 48.5 Å². The highest BCUT2D eigenvalue weighted by Crippen LogP contribution is 2.43. The minimum absolute atomic E-state index is 0.0564. The monoisotopic (exact) mass is 346 g/mol. The third kappa shape index (κ3) is 2.29. The number of rotatable bonds is 3. The molecular formula is C22H22N2O2. The van der Waals surface area contributed by atoms with Gasteiger partial charge in [-0.05, 0) is 37.5 Å². The summed E-state index contributed by atoms with van der Waals surface area (Å²) < 4.78 is 5.84. The summed E-state index contributed by atoms with van der Waals surface area (Å²) in [5.74, 6) is 0.116. The number of hydrogen-bond donors (Lipinski definition) is 1. The molecule has 5 rings (SSSR count). The van der Waals surface area contributed by atoms with Crippen molar-refractivity contribution in [2.75, 3.05) is 13.2 Å². The van der Waals surface area contributed by atoms with Crippen LogP contribution in [0.25, 0.3) is 10.9 Å². The number of H-pyrrole nitrogens is 1. The third-order valence-corrected chi connectivity index (χ3v) is 5.70. The molecule has 2 aliphatic rings. The molecule has 3 heterocycles. The Balaban J connectivity index is 1.67. The summed E-state index contributed by atoms with van der Waals surface area (Å²) in [6.45, 7) is 3.55. The van der Waals surface area contributed by atoms with Crippen molar-refractivity contribution in [3.63, 3.8) is 0 Å². The number of nitrogens with one attached hydrogen (secondary N) is 1. The average molecular weight is 346 g/mol. The highest BCUT2D eigenvalue weighted by atomic mass is 16.5. The van der Waals surface area contributed by atoms with Gasteiger partial charge in [-0.25, -0.2) is 0 Å². The number of fused-ring (bicyclic) bond motifs is 2. The average Bonchev–Trinajstić information content (AvgIpc) is 3.34. The molecule has 2 unspecified atom stereocenters.